The molecule has 5 rings (SSSR count). The summed E-state index contributed by atoms with van der Waals surface area (Å²) in [5.74, 6) is 0.493. The molecule has 5 aromatic rings. The van der Waals surface area contributed by atoms with E-state index in [0.29, 0.717) is 11.5 Å². The van der Waals surface area contributed by atoms with Crippen LogP contribution in [0.5, 0.6) is 0 Å². The molecule has 1 aromatic carbocycles. The number of aromatic amines is 1. The Morgan fingerprint density at radius 2 is 1.81 bits per heavy atom. The Labute approximate surface area is 209 Å². The van der Waals surface area contributed by atoms with Crippen molar-refractivity contribution in [2.24, 2.45) is 0 Å². The van der Waals surface area contributed by atoms with Crippen LogP contribution in [0.15, 0.2) is 85.9 Å². The number of rotatable bonds is 8. The first kappa shape index (κ1) is 23.1. The summed E-state index contributed by atoms with van der Waals surface area (Å²) in [5, 5.41) is 12.3. The van der Waals surface area contributed by atoms with Gasteiger partial charge >= 0.3 is 0 Å². The molecule has 4 aromatic heterocycles. The van der Waals surface area contributed by atoms with Gasteiger partial charge in [-0.3, -0.25) is 20.4 Å². The van der Waals surface area contributed by atoms with E-state index in [0.717, 1.165) is 68.6 Å². The first-order valence-electron chi connectivity index (χ1n) is 11.9. The highest BCUT2D eigenvalue weighted by molar-refractivity contribution is 6.11. The molecule has 7 nitrogen and oxygen atoms in total. The van der Waals surface area contributed by atoms with Crippen LogP contribution < -0.4 is 5.32 Å². The minimum Gasteiger partial charge on any atom is -0.358 e. The molecule has 0 fully saturated rings. The lowest BCUT2D eigenvalue weighted by Crippen LogP contribution is -2.06. The average Bonchev–Trinajstić information content (AvgIpc) is 3.34. The van der Waals surface area contributed by atoms with Crippen LogP contribution in [0.25, 0.3) is 33.3 Å². The van der Waals surface area contributed by atoms with Crippen molar-refractivity contribution >= 4 is 22.4 Å². The number of nitrogens with one attached hydrogen (secondary N) is 3. The lowest BCUT2D eigenvalue weighted by molar-refractivity contribution is 0.913. The number of nitrogens with zero attached hydrogens (tertiary/aromatic N) is 4. The van der Waals surface area contributed by atoms with Crippen molar-refractivity contribution in [3.05, 3.63) is 103 Å². The van der Waals surface area contributed by atoms with E-state index < -0.39 is 0 Å². The van der Waals surface area contributed by atoms with Gasteiger partial charge in [-0.05, 0) is 42.7 Å². The van der Waals surface area contributed by atoms with Gasteiger partial charge in [-0.1, -0.05) is 38.1 Å². The SMILES string of the molecule is C=C(CCC)Nc1cncc(-c2ccc(C)c(C(=N)c3nc4c(-c5cccnc5)cncc4[nH]3)c2)c1. The molecule has 7 heteroatoms. The number of fused-ring (bicyclic) bond motifs is 1. The molecule has 3 N–H and O–H groups in total. The number of anilines is 1. The topological polar surface area (TPSA) is 103 Å². The van der Waals surface area contributed by atoms with Gasteiger partial charge in [0.15, 0.2) is 5.82 Å². The minimum atomic E-state index is 0.321. The average molecular weight is 474 g/mol. The Morgan fingerprint density at radius 3 is 2.61 bits per heavy atom. The van der Waals surface area contributed by atoms with Crippen LogP contribution in [-0.2, 0) is 0 Å². The number of aromatic nitrogens is 5. The number of allylic oxidation sites excluding steroid dienone is 1. The number of pyridine rings is 3. The maximum Gasteiger partial charge on any atom is 0.157 e. The van der Waals surface area contributed by atoms with Gasteiger partial charge in [0.1, 0.15) is 11.2 Å². The molecule has 36 heavy (non-hydrogen) atoms. The molecule has 0 bridgehead atoms. The summed E-state index contributed by atoms with van der Waals surface area (Å²) in [6.45, 7) is 8.21. The van der Waals surface area contributed by atoms with Gasteiger partial charge in [-0.25, -0.2) is 4.98 Å². The predicted octanol–water partition coefficient (Wildman–Crippen LogP) is 6.53. The fourth-order valence-corrected chi connectivity index (χ4v) is 4.22. The van der Waals surface area contributed by atoms with Gasteiger partial charge in [0, 0.05) is 52.7 Å². The highest BCUT2D eigenvalue weighted by Gasteiger charge is 2.16. The summed E-state index contributed by atoms with van der Waals surface area (Å²) in [6.07, 6.45) is 12.6. The largest absolute Gasteiger partial charge is 0.358 e. The molecular weight excluding hydrogens is 446 g/mol. The number of hydrogen-bond acceptors (Lipinski definition) is 6. The Morgan fingerprint density at radius 1 is 0.972 bits per heavy atom. The van der Waals surface area contributed by atoms with E-state index >= 15 is 0 Å². The highest BCUT2D eigenvalue weighted by atomic mass is 14.9. The molecule has 0 aliphatic heterocycles. The van der Waals surface area contributed by atoms with E-state index in [-0.39, 0.29) is 0 Å². The van der Waals surface area contributed by atoms with Crippen molar-refractivity contribution in [2.45, 2.75) is 26.7 Å². The molecular formula is C29H27N7. The lowest BCUT2D eigenvalue weighted by Gasteiger charge is -2.12. The van der Waals surface area contributed by atoms with E-state index in [9.17, 15) is 0 Å². The predicted molar refractivity (Wildman–Crippen MR) is 145 cm³/mol. The zero-order valence-corrected chi connectivity index (χ0v) is 20.3. The third-order valence-corrected chi connectivity index (χ3v) is 6.05. The van der Waals surface area contributed by atoms with Crippen LogP contribution in [0.1, 0.15) is 36.7 Å². The third kappa shape index (κ3) is 4.63. The Balaban J connectivity index is 1.49. The van der Waals surface area contributed by atoms with Crippen molar-refractivity contribution in [3.63, 3.8) is 0 Å². The van der Waals surface area contributed by atoms with Gasteiger partial charge in [0.25, 0.3) is 0 Å². The summed E-state index contributed by atoms with van der Waals surface area (Å²) < 4.78 is 0. The van der Waals surface area contributed by atoms with Crippen LogP contribution in [0.4, 0.5) is 5.69 Å². The zero-order valence-electron chi connectivity index (χ0n) is 20.3. The quantitative estimate of drug-likeness (QED) is 0.222. The molecule has 0 aliphatic carbocycles. The Hall–Kier alpha value is -4.65. The Bertz CT molecular complexity index is 1570. The molecule has 4 heterocycles. The van der Waals surface area contributed by atoms with Gasteiger partial charge in [-0.2, -0.15) is 0 Å². The second-order valence-electron chi connectivity index (χ2n) is 8.76. The summed E-state index contributed by atoms with van der Waals surface area (Å²) >= 11 is 0. The maximum atomic E-state index is 8.99. The summed E-state index contributed by atoms with van der Waals surface area (Å²) in [6, 6.07) is 12.0. The van der Waals surface area contributed by atoms with E-state index in [1.54, 1.807) is 31.0 Å². The first-order valence-corrected chi connectivity index (χ1v) is 11.9. The summed E-state index contributed by atoms with van der Waals surface area (Å²) in [5.41, 5.74) is 9.27. The molecule has 0 spiro atoms. The highest BCUT2D eigenvalue weighted by Crippen LogP contribution is 2.28. The first-order chi connectivity index (χ1) is 17.5. The van der Waals surface area contributed by atoms with Crippen LogP contribution in [0.3, 0.4) is 0 Å². The van der Waals surface area contributed by atoms with E-state index in [2.05, 4.69) is 50.9 Å². The standard InChI is InChI=1S/C29H27N7/c1-4-6-19(3)34-23-11-22(14-32-15-23)20-9-8-18(2)24(12-20)27(30)29-35-26-17-33-16-25(28(26)36-29)21-7-5-10-31-13-21/h5,7-17,30,34H,3-4,6H2,1-2H3,(H,35,36). The maximum absolute atomic E-state index is 8.99. The van der Waals surface area contributed by atoms with Gasteiger partial charge in [0.2, 0.25) is 0 Å². The van der Waals surface area contributed by atoms with Crippen LogP contribution in [0, 0.1) is 12.3 Å². The molecule has 0 aliphatic rings. The van der Waals surface area contributed by atoms with Crippen molar-refractivity contribution in [1.82, 2.24) is 24.9 Å². The van der Waals surface area contributed by atoms with Crippen LogP contribution in [0.2, 0.25) is 0 Å². The van der Waals surface area contributed by atoms with Crippen molar-refractivity contribution < 1.29 is 0 Å². The third-order valence-electron chi connectivity index (χ3n) is 6.05. The molecule has 0 amide bonds. The fraction of sp³-hybridized carbons (Fsp3) is 0.138. The van der Waals surface area contributed by atoms with E-state index in [1.807, 2.05) is 37.4 Å². The lowest BCUT2D eigenvalue weighted by atomic mass is 9.97. The second-order valence-corrected chi connectivity index (χ2v) is 8.76. The van der Waals surface area contributed by atoms with Crippen molar-refractivity contribution in [2.75, 3.05) is 5.32 Å². The Kier molecular flexibility index (Phi) is 6.36. The van der Waals surface area contributed by atoms with Crippen molar-refractivity contribution in [3.8, 4) is 22.3 Å². The minimum absolute atomic E-state index is 0.321. The molecule has 0 unspecified atom stereocenters. The smallest absolute Gasteiger partial charge is 0.157 e. The number of H-pyrrole nitrogens is 1. The van der Waals surface area contributed by atoms with E-state index in [1.165, 1.54) is 0 Å². The van der Waals surface area contributed by atoms with E-state index in [4.69, 9.17) is 10.4 Å². The monoisotopic (exact) mass is 473 g/mol. The fourth-order valence-electron chi connectivity index (χ4n) is 4.22. The van der Waals surface area contributed by atoms with Gasteiger partial charge < -0.3 is 10.3 Å². The summed E-state index contributed by atoms with van der Waals surface area (Å²) in [7, 11) is 0. The number of imidazole rings is 1. The normalized spacial score (nSPS) is 10.9. The summed E-state index contributed by atoms with van der Waals surface area (Å²) in [4.78, 5) is 21.1. The number of aryl methyl sites for hydroxylation is 1. The second kappa shape index (κ2) is 9.92. The molecule has 178 valence electrons. The van der Waals surface area contributed by atoms with Gasteiger partial charge in [-0.15, -0.1) is 0 Å². The van der Waals surface area contributed by atoms with Crippen molar-refractivity contribution in [1.29, 1.82) is 5.41 Å². The number of hydrogen-bond donors (Lipinski definition) is 3. The number of benzene rings is 1. The zero-order chi connectivity index (χ0) is 25.1. The molecule has 0 atom stereocenters. The molecule has 0 saturated heterocycles. The van der Waals surface area contributed by atoms with Crippen LogP contribution >= 0.6 is 0 Å². The van der Waals surface area contributed by atoms with Crippen LogP contribution in [-0.4, -0.2) is 30.6 Å². The molecule has 0 radical (unpaired) electrons. The molecule has 0 saturated carbocycles. The van der Waals surface area contributed by atoms with Gasteiger partial charge in [0.05, 0.1) is 23.6 Å².